The van der Waals surface area contributed by atoms with Crippen LogP contribution in [-0.4, -0.2) is 23.5 Å². The summed E-state index contributed by atoms with van der Waals surface area (Å²) in [5.41, 5.74) is 2.25. The number of carbonyl (C=O) groups excluding carboxylic acids is 1. The van der Waals surface area contributed by atoms with Crippen LogP contribution in [-0.2, 0) is 11.3 Å². The molecule has 0 saturated carbocycles. The van der Waals surface area contributed by atoms with Gasteiger partial charge in [0.25, 0.3) is 0 Å². The van der Waals surface area contributed by atoms with Crippen LogP contribution in [0, 0.1) is 6.92 Å². The summed E-state index contributed by atoms with van der Waals surface area (Å²) in [5, 5.41) is 6.32. The van der Waals surface area contributed by atoms with Gasteiger partial charge in [0.05, 0.1) is 6.04 Å². The average Bonchev–Trinajstić information content (AvgIpc) is 2.66. The number of hydrogen-bond acceptors (Lipinski definition) is 3. The minimum atomic E-state index is -0.0188. The summed E-state index contributed by atoms with van der Waals surface area (Å²) >= 11 is 0. The van der Waals surface area contributed by atoms with Crippen LogP contribution in [0.15, 0.2) is 18.5 Å². The Balaban J connectivity index is 1.86. The molecule has 1 aliphatic rings. The highest BCUT2D eigenvalue weighted by Gasteiger charge is 2.18. The second-order valence-electron chi connectivity index (χ2n) is 4.88. The van der Waals surface area contributed by atoms with E-state index in [0.29, 0.717) is 6.54 Å². The number of hydrogen-bond donors (Lipinski definition) is 2. The number of rotatable bonds is 3. The normalized spacial score (nSPS) is 20.2. The van der Waals surface area contributed by atoms with Crippen molar-refractivity contribution in [2.75, 3.05) is 6.54 Å². The third-order valence-electron chi connectivity index (χ3n) is 3.47. The fraction of sp³-hybridized carbons (Fsp3) is 0.571. The Kier molecular flexibility index (Phi) is 4.70. The van der Waals surface area contributed by atoms with Gasteiger partial charge in [0, 0.05) is 18.9 Å². The van der Waals surface area contributed by atoms with E-state index in [1.807, 2.05) is 19.2 Å². The van der Waals surface area contributed by atoms with E-state index in [9.17, 15) is 4.79 Å². The Morgan fingerprint density at radius 1 is 1.50 bits per heavy atom. The van der Waals surface area contributed by atoms with E-state index in [-0.39, 0.29) is 11.9 Å². The molecule has 4 nitrogen and oxygen atoms in total. The van der Waals surface area contributed by atoms with E-state index >= 15 is 0 Å². The fourth-order valence-corrected chi connectivity index (χ4v) is 2.26. The Labute approximate surface area is 108 Å². The Hall–Kier alpha value is -1.42. The minimum Gasteiger partial charge on any atom is -0.351 e. The van der Waals surface area contributed by atoms with E-state index in [0.717, 1.165) is 30.5 Å². The molecular weight excluding hydrogens is 226 g/mol. The van der Waals surface area contributed by atoms with Crippen molar-refractivity contribution in [1.29, 1.82) is 0 Å². The van der Waals surface area contributed by atoms with Gasteiger partial charge in [0.15, 0.2) is 0 Å². The number of nitrogens with one attached hydrogen (secondary N) is 2. The first kappa shape index (κ1) is 13.0. The first-order valence-corrected chi connectivity index (χ1v) is 6.68. The molecule has 0 radical (unpaired) electrons. The molecule has 1 atom stereocenters. The summed E-state index contributed by atoms with van der Waals surface area (Å²) in [7, 11) is 0. The van der Waals surface area contributed by atoms with Crippen LogP contribution in [0.25, 0.3) is 0 Å². The number of nitrogens with zero attached hydrogens (tertiary/aromatic N) is 1. The maximum atomic E-state index is 12.0. The van der Waals surface area contributed by atoms with Gasteiger partial charge in [0.1, 0.15) is 0 Å². The molecule has 1 amide bonds. The van der Waals surface area contributed by atoms with Crippen molar-refractivity contribution in [2.45, 2.75) is 45.2 Å². The smallest absolute Gasteiger partial charge is 0.237 e. The van der Waals surface area contributed by atoms with Crippen molar-refractivity contribution >= 4 is 5.91 Å². The minimum absolute atomic E-state index is 0.0188. The molecule has 0 spiro atoms. The van der Waals surface area contributed by atoms with Gasteiger partial charge in [-0.1, -0.05) is 12.8 Å². The second-order valence-corrected chi connectivity index (χ2v) is 4.88. The largest absolute Gasteiger partial charge is 0.351 e. The van der Waals surface area contributed by atoms with Gasteiger partial charge in [-0.05, 0) is 43.5 Å². The van der Waals surface area contributed by atoms with E-state index in [4.69, 9.17) is 0 Å². The average molecular weight is 247 g/mol. The van der Waals surface area contributed by atoms with Crippen molar-refractivity contribution in [3.8, 4) is 0 Å². The van der Waals surface area contributed by atoms with Crippen LogP contribution in [0.4, 0.5) is 0 Å². The maximum Gasteiger partial charge on any atom is 0.237 e. The van der Waals surface area contributed by atoms with Gasteiger partial charge in [-0.2, -0.15) is 0 Å². The SMILES string of the molecule is Cc1cnccc1CNC(=O)C1CCCCCN1. The summed E-state index contributed by atoms with van der Waals surface area (Å²) in [5.74, 6) is 0.119. The number of aromatic nitrogens is 1. The first-order valence-electron chi connectivity index (χ1n) is 6.68. The van der Waals surface area contributed by atoms with Gasteiger partial charge >= 0.3 is 0 Å². The molecule has 0 aromatic carbocycles. The molecule has 1 aromatic rings. The summed E-state index contributed by atoms with van der Waals surface area (Å²) in [6.45, 7) is 3.55. The fourth-order valence-electron chi connectivity index (χ4n) is 2.26. The van der Waals surface area contributed by atoms with E-state index in [2.05, 4.69) is 15.6 Å². The predicted octanol–water partition coefficient (Wildman–Crippen LogP) is 1.54. The highest BCUT2D eigenvalue weighted by Crippen LogP contribution is 2.09. The van der Waals surface area contributed by atoms with E-state index in [1.165, 1.54) is 12.8 Å². The zero-order chi connectivity index (χ0) is 12.8. The van der Waals surface area contributed by atoms with Crippen LogP contribution in [0.2, 0.25) is 0 Å². The van der Waals surface area contributed by atoms with Gasteiger partial charge in [-0.3, -0.25) is 9.78 Å². The Morgan fingerprint density at radius 3 is 3.22 bits per heavy atom. The van der Waals surface area contributed by atoms with Crippen LogP contribution in [0.5, 0.6) is 0 Å². The van der Waals surface area contributed by atoms with Crippen LogP contribution in [0.3, 0.4) is 0 Å². The molecule has 2 heterocycles. The third-order valence-corrected chi connectivity index (χ3v) is 3.47. The van der Waals surface area contributed by atoms with Crippen molar-refractivity contribution in [1.82, 2.24) is 15.6 Å². The molecule has 98 valence electrons. The molecule has 1 fully saturated rings. The second kappa shape index (κ2) is 6.50. The van der Waals surface area contributed by atoms with Gasteiger partial charge in [-0.25, -0.2) is 0 Å². The lowest BCUT2D eigenvalue weighted by Gasteiger charge is -2.16. The van der Waals surface area contributed by atoms with E-state index in [1.54, 1.807) is 6.20 Å². The summed E-state index contributed by atoms with van der Waals surface area (Å²) in [6.07, 6.45) is 8.07. The predicted molar refractivity (Wildman–Crippen MR) is 71.1 cm³/mol. The standard InChI is InChI=1S/C14H21N3O/c1-11-9-15-8-6-12(11)10-17-14(18)13-5-3-2-4-7-16-13/h6,8-9,13,16H,2-5,7,10H2,1H3,(H,17,18). The lowest BCUT2D eigenvalue weighted by Crippen LogP contribution is -2.43. The molecule has 2 rings (SSSR count). The quantitative estimate of drug-likeness (QED) is 0.852. The lowest BCUT2D eigenvalue weighted by molar-refractivity contribution is -0.123. The molecule has 1 unspecified atom stereocenters. The number of carbonyl (C=O) groups is 1. The third kappa shape index (κ3) is 3.53. The molecule has 4 heteroatoms. The molecule has 1 aliphatic heterocycles. The number of amides is 1. The summed E-state index contributed by atoms with van der Waals surface area (Å²) < 4.78 is 0. The van der Waals surface area contributed by atoms with Crippen molar-refractivity contribution in [2.24, 2.45) is 0 Å². The highest BCUT2D eigenvalue weighted by molar-refractivity contribution is 5.81. The summed E-state index contributed by atoms with van der Waals surface area (Å²) in [6, 6.07) is 1.94. The molecule has 2 N–H and O–H groups in total. The molecular formula is C14H21N3O. The van der Waals surface area contributed by atoms with Gasteiger partial charge in [-0.15, -0.1) is 0 Å². The van der Waals surface area contributed by atoms with E-state index < -0.39 is 0 Å². The van der Waals surface area contributed by atoms with Crippen LogP contribution in [0.1, 0.15) is 36.8 Å². The molecule has 18 heavy (non-hydrogen) atoms. The molecule has 0 aliphatic carbocycles. The van der Waals surface area contributed by atoms with Crippen molar-refractivity contribution < 1.29 is 4.79 Å². The number of aryl methyl sites for hydroxylation is 1. The highest BCUT2D eigenvalue weighted by atomic mass is 16.2. The molecule has 1 aromatic heterocycles. The zero-order valence-corrected chi connectivity index (χ0v) is 10.9. The monoisotopic (exact) mass is 247 g/mol. The summed E-state index contributed by atoms with van der Waals surface area (Å²) in [4.78, 5) is 16.1. The van der Waals surface area contributed by atoms with Crippen LogP contribution < -0.4 is 10.6 Å². The lowest BCUT2D eigenvalue weighted by atomic mass is 10.1. The van der Waals surface area contributed by atoms with Crippen molar-refractivity contribution in [3.63, 3.8) is 0 Å². The first-order chi connectivity index (χ1) is 8.77. The van der Waals surface area contributed by atoms with Crippen LogP contribution >= 0.6 is 0 Å². The Bertz CT molecular complexity index is 398. The number of pyridine rings is 1. The molecule has 1 saturated heterocycles. The molecule has 0 bridgehead atoms. The topological polar surface area (TPSA) is 54.0 Å². The maximum absolute atomic E-state index is 12.0. The van der Waals surface area contributed by atoms with Gasteiger partial charge in [0.2, 0.25) is 5.91 Å². The zero-order valence-electron chi connectivity index (χ0n) is 10.9. The van der Waals surface area contributed by atoms with Gasteiger partial charge < -0.3 is 10.6 Å². The Morgan fingerprint density at radius 2 is 2.39 bits per heavy atom. The van der Waals surface area contributed by atoms with Crippen molar-refractivity contribution in [3.05, 3.63) is 29.6 Å².